The van der Waals surface area contributed by atoms with Crippen molar-refractivity contribution in [2.45, 2.75) is 33.1 Å². The molecule has 0 spiro atoms. The Bertz CT molecular complexity index is 503. The molecule has 2 unspecified atom stereocenters. The van der Waals surface area contributed by atoms with Gasteiger partial charge < -0.3 is 0 Å². The molecule has 0 amide bonds. The average molecular weight is 210 g/mol. The van der Waals surface area contributed by atoms with Gasteiger partial charge in [0.05, 0.1) is 0 Å². The molecule has 2 aliphatic carbocycles. The topological polar surface area (TPSA) is 0 Å². The van der Waals surface area contributed by atoms with Crippen molar-refractivity contribution < 1.29 is 0 Å². The predicted molar refractivity (Wildman–Crippen MR) is 69.3 cm³/mol. The summed E-state index contributed by atoms with van der Waals surface area (Å²) in [5.74, 6) is 1.32. The molecule has 0 fully saturated rings. The average Bonchev–Trinajstić information content (AvgIpc) is 2.60. The molecule has 0 aliphatic heterocycles. The quantitative estimate of drug-likeness (QED) is 0.589. The summed E-state index contributed by atoms with van der Waals surface area (Å²) in [5, 5.41) is 0. The van der Waals surface area contributed by atoms with E-state index < -0.39 is 0 Å². The molecule has 1 aromatic rings. The lowest BCUT2D eigenvalue weighted by Crippen LogP contribution is -2.07. The molecule has 0 N–H and O–H groups in total. The summed E-state index contributed by atoms with van der Waals surface area (Å²) in [6.07, 6.45) is 3.61. The Labute approximate surface area is 97.7 Å². The van der Waals surface area contributed by atoms with E-state index in [1.807, 2.05) is 0 Å². The summed E-state index contributed by atoms with van der Waals surface area (Å²) in [7, 11) is 0. The molecule has 0 heteroatoms. The SMILES string of the molecule is CC1=CCC(C)C2=C1c1ccccc1C2C. The van der Waals surface area contributed by atoms with Crippen LogP contribution in [0.2, 0.25) is 0 Å². The lowest BCUT2D eigenvalue weighted by molar-refractivity contribution is 0.636. The third-order valence-corrected chi connectivity index (χ3v) is 4.15. The molecule has 16 heavy (non-hydrogen) atoms. The molecule has 2 atom stereocenters. The molecule has 0 bridgehead atoms. The van der Waals surface area contributed by atoms with Gasteiger partial charge >= 0.3 is 0 Å². The van der Waals surface area contributed by atoms with Crippen molar-refractivity contribution >= 4 is 5.57 Å². The number of hydrogen-bond acceptors (Lipinski definition) is 0. The van der Waals surface area contributed by atoms with Gasteiger partial charge in [-0.15, -0.1) is 0 Å². The first-order valence-corrected chi connectivity index (χ1v) is 6.20. The molecule has 82 valence electrons. The molecular weight excluding hydrogens is 192 g/mol. The van der Waals surface area contributed by atoms with Gasteiger partial charge in [0.1, 0.15) is 0 Å². The van der Waals surface area contributed by atoms with Crippen LogP contribution in [0.15, 0.2) is 41.5 Å². The lowest BCUT2D eigenvalue weighted by Gasteiger charge is -2.23. The van der Waals surface area contributed by atoms with Gasteiger partial charge in [0.15, 0.2) is 0 Å². The van der Waals surface area contributed by atoms with E-state index in [2.05, 4.69) is 51.1 Å². The van der Waals surface area contributed by atoms with Gasteiger partial charge in [-0.05, 0) is 41.5 Å². The van der Waals surface area contributed by atoms with Crippen molar-refractivity contribution in [3.63, 3.8) is 0 Å². The minimum absolute atomic E-state index is 0.616. The monoisotopic (exact) mass is 210 g/mol. The van der Waals surface area contributed by atoms with Crippen LogP contribution in [0.5, 0.6) is 0 Å². The molecule has 0 saturated carbocycles. The maximum absolute atomic E-state index is 2.40. The van der Waals surface area contributed by atoms with Gasteiger partial charge in [-0.1, -0.05) is 49.8 Å². The van der Waals surface area contributed by atoms with Crippen LogP contribution < -0.4 is 0 Å². The molecule has 0 heterocycles. The molecule has 2 aliphatic rings. The van der Waals surface area contributed by atoms with Crippen LogP contribution >= 0.6 is 0 Å². The Morgan fingerprint density at radius 1 is 1.12 bits per heavy atom. The summed E-state index contributed by atoms with van der Waals surface area (Å²) in [6.45, 7) is 6.98. The first-order chi connectivity index (χ1) is 7.70. The minimum atomic E-state index is 0.616. The van der Waals surface area contributed by atoms with Crippen molar-refractivity contribution in [1.29, 1.82) is 0 Å². The molecule has 0 aromatic heterocycles. The standard InChI is InChI=1S/C16H18/c1-10-8-9-11(2)16-14-7-5-4-6-13(14)12(3)15(10)16/h4-7,9-10,12H,8H2,1-3H3. The lowest BCUT2D eigenvalue weighted by atomic mass is 9.81. The van der Waals surface area contributed by atoms with Gasteiger partial charge in [-0.25, -0.2) is 0 Å². The smallest absolute Gasteiger partial charge is 0.00380 e. The van der Waals surface area contributed by atoms with Crippen LogP contribution in [0.3, 0.4) is 0 Å². The zero-order valence-electron chi connectivity index (χ0n) is 10.2. The van der Waals surface area contributed by atoms with Crippen molar-refractivity contribution in [2.24, 2.45) is 5.92 Å². The summed E-state index contributed by atoms with van der Waals surface area (Å²) in [6, 6.07) is 8.90. The number of fused-ring (bicyclic) bond motifs is 2. The highest BCUT2D eigenvalue weighted by Crippen LogP contribution is 2.50. The first kappa shape index (κ1) is 9.89. The maximum atomic E-state index is 2.40. The van der Waals surface area contributed by atoms with E-state index in [1.165, 1.54) is 23.1 Å². The number of rotatable bonds is 0. The fourth-order valence-corrected chi connectivity index (χ4v) is 3.34. The van der Waals surface area contributed by atoms with Crippen molar-refractivity contribution in [3.05, 3.63) is 52.6 Å². The van der Waals surface area contributed by atoms with E-state index in [4.69, 9.17) is 0 Å². The van der Waals surface area contributed by atoms with Crippen molar-refractivity contribution in [2.75, 3.05) is 0 Å². The molecular formula is C16H18. The van der Waals surface area contributed by atoms with E-state index in [0.717, 1.165) is 0 Å². The summed E-state index contributed by atoms with van der Waals surface area (Å²) in [5.41, 5.74) is 7.69. The third kappa shape index (κ3) is 1.16. The van der Waals surface area contributed by atoms with Crippen LogP contribution in [0, 0.1) is 5.92 Å². The summed E-state index contributed by atoms with van der Waals surface area (Å²) in [4.78, 5) is 0. The highest BCUT2D eigenvalue weighted by atomic mass is 14.4. The number of benzene rings is 1. The van der Waals surface area contributed by atoms with Crippen LogP contribution in [0.25, 0.3) is 5.57 Å². The predicted octanol–water partition coefficient (Wildman–Crippen LogP) is 4.54. The molecule has 1 aromatic carbocycles. The van der Waals surface area contributed by atoms with Gasteiger partial charge in [-0.3, -0.25) is 0 Å². The second kappa shape index (κ2) is 3.35. The first-order valence-electron chi connectivity index (χ1n) is 6.20. The van der Waals surface area contributed by atoms with Crippen LogP contribution in [0.1, 0.15) is 44.2 Å². The molecule has 0 saturated heterocycles. The van der Waals surface area contributed by atoms with Crippen molar-refractivity contribution in [3.8, 4) is 0 Å². The second-order valence-corrected chi connectivity index (χ2v) is 5.16. The van der Waals surface area contributed by atoms with Gasteiger partial charge in [0, 0.05) is 5.92 Å². The largest absolute Gasteiger partial charge is 0.0804 e. The van der Waals surface area contributed by atoms with E-state index in [0.29, 0.717) is 11.8 Å². The van der Waals surface area contributed by atoms with E-state index in [9.17, 15) is 0 Å². The van der Waals surface area contributed by atoms with Crippen LogP contribution in [-0.2, 0) is 0 Å². The zero-order chi connectivity index (χ0) is 11.3. The van der Waals surface area contributed by atoms with Crippen molar-refractivity contribution in [1.82, 2.24) is 0 Å². The molecule has 3 rings (SSSR count). The Balaban J connectivity index is 2.26. The highest BCUT2D eigenvalue weighted by Gasteiger charge is 2.32. The van der Waals surface area contributed by atoms with Gasteiger partial charge in [0.25, 0.3) is 0 Å². The Morgan fingerprint density at radius 3 is 2.69 bits per heavy atom. The van der Waals surface area contributed by atoms with E-state index in [-0.39, 0.29) is 0 Å². The Kier molecular flexibility index (Phi) is 2.07. The van der Waals surface area contributed by atoms with Crippen LogP contribution in [0.4, 0.5) is 0 Å². The number of hydrogen-bond donors (Lipinski definition) is 0. The highest BCUT2D eigenvalue weighted by molar-refractivity contribution is 5.88. The minimum Gasteiger partial charge on any atom is -0.0804 e. The van der Waals surface area contributed by atoms with E-state index in [1.54, 1.807) is 11.1 Å². The second-order valence-electron chi connectivity index (χ2n) is 5.16. The van der Waals surface area contributed by atoms with E-state index >= 15 is 0 Å². The summed E-state index contributed by atoms with van der Waals surface area (Å²) >= 11 is 0. The van der Waals surface area contributed by atoms with Gasteiger partial charge in [0.2, 0.25) is 0 Å². The van der Waals surface area contributed by atoms with Crippen LogP contribution in [-0.4, -0.2) is 0 Å². The third-order valence-electron chi connectivity index (χ3n) is 4.15. The Morgan fingerprint density at radius 2 is 1.88 bits per heavy atom. The fourth-order valence-electron chi connectivity index (χ4n) is 3.34. The zero-order valence-corrected chi connectivity index (χ0v) is 10.2. The van der Waals surface area contributed by atoms with Gasteiger partial charge in [-0.2, -0.15) is 0 Å². The maximum Gasteiger partial charge on any atom is 0.00380 e. The number of allylic oxidation sites excluding steroid dienone is 4. The summed E-state index contributed by atoms with van der Waals surface area (Å²) < 4.78 is 0. The fraction of sp³-hybridized carbons (Fsp3) is 0.375. The Hall–Kier alpha value is -1.30. The molecule has 0 radical (unpaired) electrons. The molecule has 0 nitrogen and oxygen atoms in total. The normalized spacial score (nSPS) is 27.6.